The molecular weight excluding hydrogens is 560 g/mol. The van der Waals surface area contributed by atoms with Crippen molar-refractivity contribution >= 4 is 27.5 Å². The van der Waals surface area contributed by atoms with Crippen molar-refractivity contribution in [3.8, 4) is 0 Å². The molecule has 2 aliphatic heterocycles. The lowest BCUT2D eigenvalue weighted by Crippen LogP contribution is -2.42. The molecule has 3 atom stereocenters. The summed E-state index contributed by atoms with van der Waals surface area (Å²) in [6.45, 7) is 8.51. The quantitative estimate of drug-likeness (QED) is 0.204. The number of anilines is 1. The molecule has 8 heteroatoms. The molecule has 0 aliphatic carbocycles. The first-order valence-electron chi connectivity index (χ1n) is 15.1. The van der Waals surface area contributed by atoms with Crippen LogP contribution in [0.4, 0.5) is 5.69 Å². The molecule has 0 radical (unpaired) electrons. The zero-order valence-corrected chi connectivity index (χ0v) is 26.1. The van der Waals surface area contributed by atoms with Gasteiger partial charge in [-0.25, -0.2) is 8.42 Å². The molecule has 3 aromatic rings. The maximum atomic E-state index is 14.2. The van der Waals surface area contributed by atoms with Gasteiger partial charge in [0.2, 0.25) is 21.8 Å². The summed E-state index contributed by atoms with van der Waals surface area (Å²) >= 11 is 0. The molecule has 0 bridgehead atoms. The number of amides is 2. The largest absolute Gasteiger partial charge is 0.498 e. The van der Waals surface area contributed by atoms with Gasteiger partial charge in [0, 0.05) is 19.4 Å². The van der Waals surface area contributed by atoms with Crippen molar-refractivity contribution in [3.63, 3.8) is 0 Å². The van der Waals surface area contributed by atoms with Crippen molar-refractivity contribution in [1.29, 1.82) is 0 Å². The first kappa shape index (κ1) is 30.7. The van der Waals surface area contributed by atoms with Crippen LogP contribution < -0.4 is 4.90 Å². The Morgan fingerprint density at radius 1 is 0.930 bits per heavy atom. The molecule has 0 N–H and O–H groups in total. The normalized spacial score (nSPS) is 22.6. The van der Waals surface area contributed by atoms with E-state index in [0.29, 0.717) is 24.5 Å². The Balaban J connectivity index is 1.52. The predicted octanol–water partition coefficient (Wildman–Crippen LogP) is 6.59. The molecule has 7 nitrogen and oxygen atoms in total. The van der Waals surface area contributed by atoms with Crippen LogP contribution in [0.5, 0.6) is 0 Å². The molecule has 0 spiro atoms. The van der Waals surface area contributed by atoms with Gasteiger partial charge in [-0.1, -0.05) is 74.0 Å². The second-order valence-electron chi connectivity index (χ2n) is 11.5. The summed E-state index contributed by atoms with van der Waals surface area (Å²) in [6, 6.07) is 23.7. The molecule has 0 aromatic heterocycles. The molecule has 2 saturated heterocycles. The van der Waals surface area contributed by atoms with Gasteiger partial charge in [-0.2, -0.15) is 4.31 Å². The van der Waals surface area contributed by atoms with E-state index >= 15 is 0 Å². The third-order valence-corrected chi connectivity index (χ3v) is 10.5. The van der Waals surface area contributed by atoms with E-state index in [1.165, 1.54) is 10.5 Å². The third-order valence-electron chi connectivity index (χ3n) is 8.61. The molecule has 2 aliphatic rings. The van der Waals surface area contributed by atoms with Crippen LogP contribution in [0.3, 0.4) is 0 Å². The predicted molar refractivity (Wildman–Crippen MR) is 168 cm³/mol. The van der Waals surface area contributed by atoms with Crippen LogP contribution in [0.25, 0.3) is 0 Å². The lowest BCUT2D eigenvalue weighted by Gasteiger charge is -2.40. The Hall–Kier alpha value is -3.75. The number of rotatable bonds is 9. The molecule has 226 valence electrons. The number of para-hydroxylation sites is 1. The number of ether oxygens (including phenoxy) is 1. The second kappa shape index (κ2) is 12.9. The minimum Gasteiger partial charge on any atom is -0.498 e. The van der Waals surface area contributed by atoms with Crippen LogP contribution in [-0.4, -0.2) is 37.7 Å². The SMILES string of the molecule is CCO/C(CC1CC(=O)N(c2ccccc2)C1=O)=C1\CN(S(=O)(=O)c2ccc(C)cc2)[C@@H](c2ccc(CC)cc2)CC1C. The third kappa shape index (κ3) is 6.31. The van der Waals surface area contributed by atoms with Crippen molar-refractivity contribution in [2.45, 2.75) is 64.3 Å². The fraction of sp³-hybridized carbons (Fsp3) is 0.371. The van der Waals surface area contributed by atoms with E-state index in [9.17, 15) is 18.0 Å². The number of imide groups is 1. The highest BCUT2D eigenvalue weighted by atomic mass is 32.2. The Morgan fingerprint density at radius 3 is 2.23 bits per heavy atom. The van der Waals surface area contributed by atoms with Gasteiger partial charge >= 0.3 is 0 Å². The number of sulfonamides is 1. The second-order valence-corrected chi connectivity index (χ2v) is 13.4. The number of allylic oxidation sites excluding steroid dienone is 1. The molecule has 0 saturated carbocycles. The van der Waals surface area contributed by atoms with Crippen LogP contribution in [-0.2, 0) is 30.8 Å². The van der Waals surface area contributed by atoms with Crippen molar-refractivity contribution < 1.29 is 22.7 Å². The number of aryl methyl sites for hydroxylation is 2. The summed E-state index contributed by atoms with van der Waals surface area (Å²) in [5.41, 5.74) is 4.55. The van der Waals surface area contributed by atoms with Gasteiger partial charge in [0.15, 0.2) is 0 Å². The fourth-order valence-electron chi connectivity index (χ4n) is 6.15. The van der Waals surface area contributed by atoms with Crippen molar-refractivity contribution in [1.82, 2.24) is 4.31 Å². The summed E-state index contributed by atoms with van der Waals surface area (Å²) in [4.78, 5) is 27.9. The number of carbonyl (C=O) groups excluding carboxylic acids is 2. The van der Waals surface area contributed by atoms with E-state index in [1.807, 2.05) is 44.2 Å². The molecular formula is C35H40N2O5S. The highest BCUT2D eigenvalue weighted by Gasteiger charge is 2.43. The molecule has 2 unspecified atom stereocenters. The molecule has 2 amide bonds. The summed E-state index contributed by atoms with van der Waals surface area (Å²) in [6.07, 6.45) is 1.80. The van der Waals surface area contributed by atoms with E-state index in [0.717, 1.165) is 23.1 Å². The van der Waals surface area contributed by atoms with Crippen LogP contribution in [0, 0.1) is 18.8 Å². The van der Waals surface area contributed by atoms with Crippen molar-refractivity contribution in [2.24, 2.45) is 11.8 Å². The van der Waals surface area contributed by atoms with Gasteiger partial charge in [0.25, 0.3) is 0 Å². The summed E-state index contributed by atoms with van der Waals surface area (Å²) in [5.74, 6) is -0.455. The number of benzene rings is 3. The fourth-order valence-corrected chi connectivity index (χ4v) is 7.75. The van der Waals surface area contributed by atoms with Gasteiger partial charge < -0.3 is 4.74 Å². The lowest BCUT2D eigenvalue weighted by atomic mass is 9.84. The molecule has 5 rings (SSSR count). The molecule has 2 fully saturated rings. The number of hydrogen-bond acceptors (Lipinski definition) is 5. The minimum absolute atomic E-state index is 0.000646. The van der Waals surface area contributed by atoms with Crippen molar-refractivity contribution in [2.75, 3.05) is 18.1 Å². The van der Waals surface area contributed by atoms with E-state index in [1.54, 1.807) is 40.7 Å². The Bertz CT molecular complexity index is 1600. The van der Waals surface area contributed by atoms with Gasteiger partial charge in [0.1, 0.15) is 0 Å². The number of carbonyl (C=O) groups is 2. The Kier molecular flexibility index (Phi) is 9.18. The highest BCUT2D eigenvalue weighted by Crippen LogP contribution is 2.43. The minimum atomic E-state index is -3.87. The number of nitrogens with zero attached hydrogens (tertiary/aromatic N) is 2. The smallest absolute Gasteiger partial charge is 0.243 e. The van der Waals surface area contributed by atoms with Gasteiger partial charge in [-0.05, 0) is 73.6 Å². The summed E-state index contributed by atoms with van der Waals surface area (Å²) in [7, 11) is -3.87. The maximum Gasteiger partial charge on any atom is 0.243 e. The van der Waals surface area contributed by atoms with Crippen LogP contribution in [0.15, 0.2) is 95.1 Å². The number of hydrogen-bond donors (Lipinski definition) is 0. The van der Waals surface area contributed by atoms with E-state index in [-0.39, 0.29) is 48.1 Å². The lowest BCUT2D eigenvalue weighted by molar-refractivity contribution is -0.122. The Morgan fingerprint density at radius 2 is 1.60 bits per heavy atom. The van der Waals surface area contributed by atoms with E-state index < -0.39 is 15.9 Å². The monoisotopic (exact) mass is 600 g/mol. The van der Waals surface area contributed by atoms with Crippen LogP contribution in [0.1, 0.15) is 62.8 Å². The van der Waals surface area contributed by atoms with Gasteiger partial charge in [-0.15, -0.1) is 0 Å². The zero-order chi connectivity index (χ0) is 30.7. The average molecular weight is 601 g/mol. The average Bonchev–Trinajstić information content (AvgIpc) is 3.29. The van der Waals surface area contributed by atoms with Crippen molar-refractivity contribution in [3.05, 3.63) is 107 Å². The highest BCUT2D eigenvalue weighted by molar-refractivity contribution is 7.89. The summed E-state index contributed by atoms with van der Waals surface area (Å²) in [5, 5.41) is 0. The van der Waals surface area contributed by atoms with Gasteiger partial charge in [-0.3, -0.25) is 14.5 Å². The molecule has 43 heavy (non-hydrogen) atoms. The first-order chi connectivity index (χ1) is 20.6. The standard InChI is InChI=1S/C35H40N2O5S/c1-5-26-14-16-27(17-15-26)32-20-25(4)31(23-36(32)43(40,41)30-18-12-24(3)13-19-30)33(42-6-2)21-28-22-34(38)37(35(28)39)29-10-8-7-9-11-29/h7-19,25,28,32H,5-6,20-23H2,1-4H3/b33-31+/t25?,28?,32-/m1/s1. The first-order valence-corrected chi connectivity index (χ1v) is 16.5. The summed E-state index contributed by atoms with van der Waals surface area (Å²) < 4.78 is 36.2. The van der Waals surface area contributed by atoms with Crippen LogP contribution in [0.2, 0.25) is 0 Å². The molecule has 3 aromatic carbocycles. The van der Waals surface area contributed by atoms with Crippen LogP contribution >= 0.6 is 0 Å². The van der Waals surface area contributed by atoms with E-state index in [2.05, 4.69) is 26.0 Å². The number of piperidine rings is 1. The maximum absolute atomic E-state index is 14.2. The van der Waals surface area contributed by atoms with Gasteiger partial charge in [0.05, 0.1) is 34.9 Å². The van der Waals surface area contributed by atoms with E-state index in [4.69, 9.17) is 4.74 Å². The Labute approximate surface area is 255 Å². The zero-order valence-electron chi connectivity index (χ0n) is 25.3. The molecule has 2 heterocycles. The topological polar surface area (TPSA) is 84.0 Å².